The average molecular weight is 374 g/mol. The Morgan fingerprint density at radius 1 is 1.26 bits per heavy atom. The van der Waals surface area contributed by atoms with Crippen molar-refractivity contribution in [2.75, 3.05) is 6.61 Å². The van der Waals surface area contributed by atoms with E-state index >= 15 is 0 Å². The predicted molar refractivity (Wildman–Crippen MR) is 103 cm³/mol. The fraction of sp³-hybridized carbons (Fsp3) is 0.429. The van der Waals surface area contributed by atoms with Crippen LogP contribution in [0.1, 0.15) is 32.8 Å². The highest BCUT2D eigenvalue weighted by Gasteiger charge is 2.22. The molecule has 2 amide bonds. The van der Waals surface area contributed by atoms with Crippen LogP contribution in [0, 0.1) is 11.8 Å². The van der Waals surface area contributed by atoms with E-state index in [1.807, 2.05) is 38.1 Å². The maximum atomic E-state index is 13.2. The van der Waals surface area contributed by atoms with Gasteiger partial charge in [-0.15, -0.1) is 0 Å². The minimum atomic E-state index is -0.553. The van der Waals surface area contributed by atoms with Crippen molar-refractivity contribution in [3.8, 4) is 5.75 Å². The number of ether oxygens (including phenoxy) is 1. The molecule has 27 heavy (non-hydrogen) atoms. The number of halogens is 1. The van der Waals surface area contributed by atoms with E-state index in [1.54, 1.807) is 12.2 Å². The zero-order valence-electron chi connectivity index (χ0n) is 16.0. The standard InChI is InChI=1S/C21H27FN2O3/c1-14(2)20(24-15(3)25)21(26)23-12-16-7-9-19(10-8-16)27-13-17-5-4-6-18(22)11-17/h4,6-11,14,17,20H,5,12-13H2,1-3H3,(H,23,26)(H,24,25)/t17?,20-/m1/s1. The van der Waals surface area contributed by atoms with E-state index in [4.69, 9.17) is 4.74 Å². The van der Waals surface area contributed by atoms with E-state index in [9.17, 15) is 14.0 Å². The quantitative estimate of drug-likeness (QED) is 0.734. The second kappa shape index (κ2) is 9.90. The monoisotopic (exact) mass is 374 g/mol. The lowest BCUT2D eigenvalue weighted by Crippen LogP contribution is -2.48. The molecule has 0 aromatic heterocycles. The average Bonchev–Trinajstić information content (AvgIpc) is 2.63. The van der Waals surface area contributed by atoms with E-state index < -0.39 is 6.04 Å². The van der Waals surface area contributed by atoms with Crippen LogP contribution < -0.4 is 15.4 Å². The lowest BCUT2D eigenvalue weighted by Gasteiger charge is -2.21. The van der Waals surface area contributed by atoms with E-state index in [1.165, 1.54) is 13.0 Å². The van der Waals surface area contributed by atoms with Crippen LogP contribution in [0.4, 0.5) is 4.39 Å². The summed E-state index contributed by atoms with van der Waals surface area (Å²) in [7, 11) is 0. The molecule has 146 valence electrons. The number of carbonyl (C=O) groups is 2. The molecular weight excluding hydrogens is 347 g/mol. The van der Waals surface area contributed by atoms with Gasteiger partial charge in [-0.05, 0) is 42.2 Å². The third kappa shape index (κ3) is 6.89. The topological polar surface area (TPSA) is 67.4 Å². The maximum Gasteiger partial charge on any atom is 0.243 e. The molecule has 0 fully saturated rings. The minimum absolute atomic E-state index is 0.00167. The van der Waals surface area contributed by atoms with Crippen molar-refractivity contribution in [3.63, 3.8) is 0 Å². The SMILES string of the molecule is CC(=O)N[C@@H](C(=O)NCc1ccc(OCC2C=C(F)C=CC2)cc1)C(C)C. The Hall–Kier alpha value is -2.63. The van der Waals surface area contributed by atoms with Gasteiger partial charge in [-0.2, -0.15) is 0 Å². The van der Waals surface area contributed by atoms with Crippen molar-refractivity contribution in [2.24, 2.45) is 11.8 Å². The fourth-order valence-electron chi connectivity index (χ4n) is 2.78. The summed E-state index contributed by atoms with van der Waals surface area (Å²) < 4.78 is 18.9. The summed E-state index contributed by atoms with van der Waals surface area (Å²) in [5.74, 6) is 0.0776. The first-order valence-electron chi connectivity index (χ1n) is 9.15. The Morgan fingerprint density at radius 3 is 2.56 bits per heavy atom. The Labute approximate surface area is 159 Å². The molecule has 0 heterocycles. The number of amides is 2. The van der Waals surface area contributed by atoms with Crippen LogP contribution in [0.15, 0.2) is 48.3 Å². The molecule has 2 N–H and O–H groups in total. The van der Waals surface area contributed by atoms with Gasteiger partial charge in [0.2, 0.25) is 11.8 Å². The molecule has 0 bridgehead atoms. The summed E-state index contributed by atoms with van der Waals surface area (Å²) in [6, 6.07) is 6.84. The maximum absolute atomic E-state index is 13.2. The van der Waals surface area contributed by atoms with Gasteiger partial charge in [-0.1, -0.05) is 32.1 Å². The Balaban J connectivity index is 1.82. The minimum Gasteiger partial charge on any atom is -0.493 e. The molecule has 1 aromatic rings. The summed E-state index contributed by atoms with van der Waals surface area (Å²) in [6.07, 6.45) is 5.61. The smallest absolute Gasteiger partial charge is 0.243 e. The van der Waals surface area contributed by atoms with Gasteiger partial charge in [0.1, 0.15) is 17.6 Å². The lowest BCUT2D eigenvalue weighted by atomic mass is 10.0. The fourth-order valence-corrected chi connectivity index (χ4v) is 2.78. The van der Waals surface area contributed by atoms with Crippen LogP contribution in [0.3, 0.4) is 0 Å². The zero-order valence-corrected chi connectivity index (χ0v) is 16.0. The molecule has 6 heteroatoms. The Kier molecular flexibility index (Phi) is 7.58. The molecule has 5 nitrogen and oxygen atoms in total. The van der Waals surface area contributed by atoms with Gasteiger partial charge in [0, 0.05) is 19.4 Å². The Bertz CT molecular complexity index is 711. The van der Waals surface area contributed by atoms with Gasteiger partial charge in [0.05, 0.1) is 6.61 Å². The van der Waals surface area contributed by atoms with Crippen LogP contribution in [-0.2, 0) is 16.1 Å². The van der Waals surface area contributed by atoms with Gasteiger partial charge in [0.15, 0.2) is 0 Å². The Morgan fingerprint density at radius 2 is 1.96 bits per heavy atom. The van der Waals surface area contributed by atoms with Gasteiger partial charge in [0.25, 0.3) is 0 Å². The van der Waals surface area contributed by atoms with Gasteiger partial charge in [-0.25, -0.2) is 4.39 Å². The first kappa shape index (κ1) is 20.7. The van der Waals surface area contributed by atoms with Crippen LogP contribution >= 0.6 is 0 Å². The number of rotatable bonds is 8. The summed E-state index contributed by atoms with van der Waals surface area (Å²) in [5, 5.41) is 5.51. The van der Waals surface area contributed by atoms with Gasteiger partial charge in [-0.3, -0.25) is 9.59 Å². The van der Waals surface area contributed by atoms with Crippen molar-refractivity contribution < 1.29 is 18.7 Å². The summed E-state index contributed by atoms with van der Waals surface area (Å²) >= 11 is 0. The normalized spacial score (nSPS) is 17.2. The van der Waals surface area contributed by atoms with Crippen LogP contribution in [0.2, 0.25) is 0 Å². The highest BCUT2D eigenvalue weighted by atomic mass is 19.1. The molecule has 0 saturated heterocycles. The third-order valence-corrected chi connectivity index (χ3v) is 4.27. The molecule has 2 atom stereocenters. The number of hydrogen-bond donors (Lipinski definition) is 2. The van der Waals surface area contributed by atoms with Crippen molar-refractivity contribution in [2.45, 2.75) is 39.8 Å². The molecule has 0 spiro atoms. The second-order valence-electron chi connectivity index (χ2n) is 7.04. The first-order valence-corrected chi connectivity index (χ1v) is 9.15. The number of allylic oxidation sites excluding steroid dienone is 3. The molecule has 1 aliphatic carbocycles. The van der Waals surface area contributed by atoms with Gasteiger partial charge < -0.3 is 15.4 Å². The zero-order chi connectivity index (χ0) is 19.8. The highest BCUT2D eigenvalue weighted by Crippen LogP contribution is 2.20. The molecule has 1 aromatic carbocycles. The summed E-state index contributed by atoms with van der Waals surface area (Å²) in [5.41, 5.74) is 0.924. The van der Waals surface area contributed by atoms with Gasteiger partial charge >= 0.3 is 0 Å². The van der Waals surface area contributed by atoms with Crippen LogP contribution in [-0.4, -0.2) is 24.5 Å². The summed E-state index contributed by atoms with van der Waals surface area (Å²) in [6.45, 7) is 5.95. The third-order valence-electron chi connectivity index (χ3n) is 4.27. The number of hydrogen-bond acceptors (Lipinski definition) is 3. The van der Waals surface area contributed by atoms with Crippen molar-refractivity contribution in [1.82, 2.24) is 10.6 Å². The molecule has 1 aliphatic rings. The molecular formula is C21H27FN2O3. The van der Waals surface area contributed by atoms with Crippen molar-refractivity contribution >= 4 is 11.8 Å². The number of nitrogens with one attached hydrogen (secondary N) is 2. The lowest BCUT2D eigenvalue weighted by molar-refractivity contribution is -0.129. The molecule has 0 radical (unpaired) electrons. The van der Waals surface area contributed by atoms with E-state index in [0.29, 0.717) is 18.9 Å². The van der Waals surface area contributed by atoms with E-state index in [0.717, 1.165) is 12.0 Å². The highest BCUT2D eigenvalue weighted by molar-refractivity contribution is 5.87. The van der Waals surface area contributed by atoms with Crippen molar-refractivity contribution in [3.05, 3.63) is 53.9 Å². The first-order chi connectivity index (χ1) is 12.8. The molecule has 1 unspecified atom stereocenters. The number of benzene rings is 1. The predicted octanol–water partition coefficient (Wildman–Crippen LogP) is 3.27. The number of carbonyl (C=O) groups excluding carboxylic acids is 2. The van der Waals surface area contributed by atoms with Crippen LogP contribution in [0.25, 0.3) is 0 Å². The van der Waals surface area contributed by atoms with Crippen LogP contribution in [0.5, 0.6) is 5.75 Å². The van der Waals surface area contributed by atoms with Crippen molar-refractivity contribution in [1.29, 1.82) is 0 Å². The summed E-state index contributed by atoms with van der Waals surface area (Å²) in [4.78, 5) is 23.5. The van der Waals surface area contributed by atoms with E-state index in [-0.39, 0.29) is 29.5 Å². The van der Waals surface area contributed by atoms with E-state index in [2.05, 4.69) is 10.6 Å². The largest absolute Gasteiger partial charge is 0.493 e. The second-order valence-corrected chi connectivity index (χ2v) is 7.04. The molecule has 0 saturated carbocycles. The molecule has 2 rings (SSSR count). The molecule has 0 aliphatic heterocycles.